The molecular weight excluding hydrogens is 198 g/mol. The summed E-state index contributed by atoms with van der Waals surface area (Å²) in [6.45, 7) is 4.62. The van der Waals surface area contributed by atoms with Crippen LogP contribution in [0.2, 0.25) is 0 Å². The van der Waals surface area contributed by atoms with Gasteiger partial charge in [0.2, 0.25) is 5.95 Å². The van der Waals surface area contributed by atoms with Crippen LogP contribution < -0.4 is 4.90 Å². The monoisotopic (exact) mass is 217 g/mol. The highest BCUT2D eigenvalue weighted by Gasteiger charge is 2.49. The fourth-order valence-electron chi connectivity index (χ4n) is 3.03. The minimum atomic E-state index is 0.631. The largest absolute Gasteiger partial charge is 0.334 e. The first-order chi connectivity index (χ1) is 7.77. The molecule has 0 spiro atoms. The molecule has 3 atom stereocenters. The molecule has 3 rings (SSSR count). The van der Waals surface area contributed by atoms with Crippen molar-refractivity contribution in [1.82, 2.24) is 9.97 Å². The van der Waals surface area contributed by atoms with Crippen molar-refractivity contribution in [3.05, 3.63) is 18.5 Å². The summed E-state index contributed by atoms with van der Waals surface area (Å²) in [5.74, 6) is 2.54. The Bertz CT molecular complexity index is 363. The Labute approximate surface area is 96.9 Å². The van der Waals surface area contributed by atoms with Gasteiger partial charge in [0.1, 0.15) is 0 Å². The molecule has 3 heteroatoms. The summed E-state index contributed by atoms with van der Waals surface area (Å²) in [4.78, 5) is 11.3. The molecule has 16 heavy (non-hydrogen) atoms. The van der Waals surface area contributed by atoms with Crippen LogP contribution in [-0.4, -0.2) is 22.1 Å². The number of hydrogen-bond acceptors (Lipinski definition) is 3. The van der Waals surface area contributed by atoms with Gasteiger partial charge in [0.25, 0.3) is 0 Å². The molecule has 2 heterocycles. The van der Waals surface area contributed by atoms with Gasteiger partial charge in [-0.2, -0.15) is 0 Å². The average Bonchev–Trinajstić information content (AvgIpc) is 3.07. The van der Waals surface area contributed by atoms with Crippen LogP contribution in [0.4, 0.5) is 5.95 Å². The van der Waals surface area contributed by atoms with E-state index in [0.717, 1.165) is 17.9 Å². The van der Waals surface area contributed by atoms with Crippen molar-refractivity contribution in [2.24, 2.45) is 11.8 Å². The molecule has 3 nitrogen and oxygen atoms in total. The molecule has 1 aliphatic heterocycles. The van der Waals surface area contributed by atoms with Gasteiger partial charge in [-0.05, 0) is 37.2 Å². The van der Waals surface area contributed by atoms with Crippen molar-refractivity contribution in [3.63, 3.8) is 0 Å². The molecular formula is C13H19N3. The third kappa shape index (κ3) is 1.58. The zero-order valence-electron chi connectivity index (χ0n) is 10.0. The quantitative estimate of drug-likeness (QED) is 0.762. The normalized spacial score (nSPS) is 32.7. The molecule has 0 aromatic carbocycles. The highest BCUT2D eigenvalue weighted by atomic mass is 15.3. The predicted molar refractivity (Wildman–Crippen MR) is 64.3 cm³/mol. The van der Waals surface area contributed by atoms with Crippen molar-refractivity contribution in [2.45, 2.75) is 45.2 Å². The van der Waals surface area contributed by atoms with Crippen LogP contribution in [0.3, 0.4) is 0 Å². The van der Waals surface area contributed by atoms with Crippen LogP contribution in [0.1, 0.15) is 33.1 Å². The Morgan fingerprint density at radius 2 is 2.00 bits per heavy atom. The van der Waals surface area contributed by atoms with Gasteiger partial charge in [-0.15, -0.1) is 0 Å². The highest BCUT2D eigenvalue weighted by molar-refractivity contribution is 5.38. The molecule has 1 aliphatic carbocycles. The summed E-state index contributed by atoms with van der Waals surface area (Å²) in [5, 5.41) is 0. The average molecular weight is 217 g/mol. The third-order valence-corrected chi connectivity index (χ3v) is 3.99. The topological polar surface area (TPSA) is 29.0 Å². The second-order valence-electron chi connectivity index (χ2n) is 5.41. The van der Waals surface area contributed by atoms with Gasteiger partial charge in [0.05, 0.1) is 0 Å². The fourth-order valence-corrected chi connectivity index (χ4v) is 3.03. The fraction of sp³-hybridized carbons (Fsp3) is 0.692. The molecule has 0 N–H and O–H groups in total. The second kappa shape index (κ2) is 3.72. The van der Waals surface area contributed by atoms with E-state index in [1.54, 1.807) is 0 Å². The summed E-state index contributed by atoms with van der Waals surface area (Å²) in [6.07, 6.45) is 7.76. The van der Waals surface area contributed by atoms with Crippen LogP contribution in [-0.2, 0) is 0 Å². The maximum absolute atomic E-state index is 4.43. The highest BCUT2D eigenvalue weighted by Crippen LogP contribution is 2.47. The van der Waals surface area contributed by atoms with Gasteiger partial charge in [0.15, 0.2) is 0 Å². The van der Waals surface area contributed by atoms with Crippen molar-refractivity contribution in [1.29, 1.82) is 0 Å². The Kier molecular flexibility index (Phi) is 2.34. The number of aromatic nitrogens is 2. The van der Waals surface area contributed by atoms with Crippen molar-refractivity contribution in [2.75, 3.05) is 4.90 Å². The van der Waals surface area contributed by atoms with E-state index in [1.165, 1.54) is 19.3 Å². The molecule has 86 valence electrons. The van der Waals surface area contributed by atoms with E-state index >= 15 is 0 Å². The summed E-state index contributed by atoms with van der Waals surface area (Å²) < 4.78 is 0. The zero-order chi connectivity index (χ0) is 11.1. The van der Waals surface area contributed by atoms with Crippen molar-refractivity contribution < 1.29 is 0 Å². The van der Waals surface area contributed by atoms with Crippen LogP contribution in [0.15, 0.2) is 18.5 Å². The number of fused-ring (bicyclic) bond motifs is 1. The lowest BCUT2D eigenvalue weighted by Crippen LogP contribution is -2.45. The van der Waals surface area contributed by atoms with E-state index in [2.05, 4.69) is 28.7 Å². The Morgan fingerprint density at radius 3 is 2.69 bits per heavy atom. The van der Waals surface area contributed by atoms with E-state index in [0.29, 0.717) is 12.0 Å². The lowest BCUT2D eigenvalue weighted by Gasteiger charge is -2.38. The molecule has 1 aromatic rings. The molecule has 0 radical (unpaired) electrons. The minimum Gasteiger partial charge on any atom is -0.334 e. The van der Waals surface area contributed by atoms with Gasteiger partial charge in [-0.25, -0.2) is 9.97 Å². The third-order valence-electron chi connectivity index (χ3n) is 3.99. The Morgan fingerprint density at radius 1 is 1.25 bits per heavy atom. The van der Waals surface area contributed by atoms with Gasteiger partial charge in [-0.3, -0.25) is 0 Å². The molecule has 2 fully saturated rings. The predicted octanol–water partition coefficient (Wildman–Crippen LogP) is 2.49. The maximum Gasteiger partial charge on any atom is 0.225 e. The number of piperidine rings is 1. The van der Waals surface area contributed by atoms with Crippen LogP contribution >= 0.6 is 0 Å². The van der Waals surface area contributed by atoms with E-state index in [9.17, 15) is 0 Å². The SMILES string of the molecule is CC(C)C1CCC2CC2N1c1ncccn1. The maximum atomic E-state index is 4.43. The summed E-state index contributed by atoms with van der Waals surface area (Å²) >= 11 is 0. The summed E-state index contributed by atoms with van der Waals surface area (Å²) in [5.41, 5.74) is 0. The molecule has 1 saturated carbocycles. The van der Waals surface area contributed by atoms with Crippen molar-refractivity contribution >= 4 is 5.95 Å². The summed E-state index contributed by atoms with van der Waals surface area (Å²) in [6, 6.07) is 3.25. The Hall–Kier alpha value is -1.12. The standard InChI is InChI=1S/C13H19N3/c1-9(2)11-5-4-10-8-12(10)16(11)13-14-6-3-7-15-13/h3,6-7,9-12H,4-5,8H2,1-2H3. The van der Waals surface area contributed by atoms with E-state index in [1.807, 2.05) is 18.5 Å². The van der Waals surface area contributed by atoms with Crippen LogP contribution in [0, 0.1) is 11.8 Å². The molecule has 2 aliphatic rings. The van der Waals surface area contributed by atoms with E-state index in [4.69, 9.17) is 0 Å². The van der Waals surface area contributed by atoms with Gasteiger partial charge in [0, 0.05) is 24.5 Å². The lowest BCUT2D eigenvalue weighted by atomic mass is 9.93. The smallest absolute Gasteiger partial charge is 0.225 e. The van der Waals surface area contributed by atoms with Gasteiger partial charge < -0.3 is 4.90 Å². The molecule has 1 saturated heterocycles. The molecule has 3 unspecified atom stereocenters. The number of nitrogens with zero attached hydrogens (tertiary/aromatic N) is 3. The Balaban J connectivity index is 1.90. The zero-order valence-corrected chi connectivity index (χ0v) is 10.0. The van der Waals surface area contributed by atoms with E-state index in [-0.39, 0.29) is 0 Å². The molecule has 1 aromatic heterocycles. The van der Waals surface area contributed by atoms with E-state index < -0.39 is 0 Å². The van der Waals surface area contributed by atoms with Gasteiger partial charge in [-0.1, -0.05) is 13.8 Å². The molecule has 0 bridgehead atoms. The first-order valence-electron chi connectivity index (χ1n) is 6.32. The van der Waals surface area contributed by atoms with Crippen molar-refractivity contribution in [3.8, 4) is 0 Å². The first kappa shape index (κ1) is 10.1. The van der Waals surface area contributed by atoms with Gasteiger partial charge >= 0.3 is 0 Å². The first-order valence-corrected chi connectivity index (χ1v) is 6.32. The second-order valence-corrected chi connectivity index (χ2v) is 5.41. The molecule has 0 amide bonds. The number of rotatable bonds is 2. The number of hydrogen-bond donors (Lipinski definition) is 0. The number of anilines is 1. The lowest BCUT2D eigenvalue weighted by molar-refractivity contribution is 0.364. The van der Waals surface area contributed by atoms with Crippen LogP contribution in [0.5, 0.6) is 0 Å². The summed E-state index contributed by atoms with van der Waals surface area (Å²) in [7, 11) is 0. The van der Waals surface area contributed by atoms with Crippen LogP contribution in [0.25, 0.3) is 0 Å². The minimum absolute atomic E-state index is 0.631.